The zero-order chi connectivity index (χ0) is 24.6. The number of aliphatic hydroxyl groups is 1. The highest BCUT2D eigenvalue weighted by atomic mass is 16.5. The van der Waals surface area contributed by atoms with Crippen molar-refractivity contribution in [2.24, 2.45) is 13.0 Å². The molecule has 1 aliphatic rings. The Balaban J connectivity index is 1.41. The monoisotopic (exact) mass is 476 g/mol. The predicted octanol–water partition coefficient (Wildman–Crippen LogP) is 3.39. The number of ether oxygens (including phenoxy) is 1. The summed E-state index contributed by atoms with van der Waals surface area (Å²) in [5.74, 6) is 1.20. The lowest BCUT2D eigenvalue weighted by Crippen LogP contribution is -2.47. The Bertz CT molecular complexity index is 1080. The first-order valence-electron chi connectivity index (χ1n) is 12.4. The first-order chi connectivity index (χ1) is 17.0. The van der Waals surface area contributed by atoms with Gasteiger partial charge in [0.05, 0.1) is 6.61 Å². The summed E-state index contributed by atoms with van der Waals surface area (Å²) in [6, 6.07) is 20.5. The van der Waals surface area contributed by atoms with Crippen LogP contribution in [0.5, 0.6) is 5.75 Å². The average Bonchev–Trinajstić information content (AvgIpc) is 3.33. The Morgan fingerprint density at radius 2 is 1.86 bits per heavy atom. The molecule has 2 heterocycles. The van der Waals surface area contributed by atoms with Crippen molar-refractivity contribution in [1.82, 2.24) is 19.6 Å². The van der Waals surface area contributed by atoms with Crippen LogP contribution in [0.4, 0.5) is 0 Å². The number of benzene rings is 2. The number of piperidine rings is 1. The van der Waals surface area contributed by atoms with Crippen molar-refractivity contribution < 1.29 is 14.6 Å². The van der Waals surface area contributed by atoms with E-state index in [-0.39, 0.29) is 18.6 Å². The zero-order valence-electron chi connectivity index (χ0n) is 20.7. The van der Waals surface area contributed by atoms with Gasteiger partial charge in [-0.15, -0.1) is 0 Å². The minimum atomic E-state index is -0.0198. The smallest absolute Gasteiger partial charge is 0.274 e. The minimum absolute atomic E-state index is 0.0131. The molecule has 1 aliphatic heterocycles. The van der Waals surface area contributed by atoms with E-state index in [1.165, 1.54) is 11.1 Å². The van der Waals surface area contributed by atoms with Crippen molar-refractivity contribution in [3.05, 3.63) is 83.7 Å². The molecule has 35 heavy (non-hydrogen) atoms. The Hall–Kier alpha value is -3.16. The van der Waals surface area contributed by atoms with Crippen LogP contribution >= 0.6 is 0 Å². The SMILES string of the molecule is CN(C(=O)c1ccn(C)n1)[C@@H](Cc1ccccc1)C1CCN(Cc2cccc(OCCO)c2)CC1. The van der Waals surface area contributed by atoms with Gasteiger partial charge in [-0.3, -0.25) is 14.4 Å². The molecule has 1 amide bonds. The fraction of sp³-hybridized carbons (Fsp3) is 0.429. The van der Waals surface area contributed by atoms with Gasteiger partial charge >= 0.3 is 0 Å². The molecule has 0 spiro atoms. The third-order valence-electron chi connectivity index (χ3n) is 6.88. The van der Waals surface area contributed by atoms with Crippen molar-refractivity contribution in [1.29, 1.82) is 0 Å². The first-order valence-corrected chi connectivity index (χ1v) is 12.4. The van der Waals surface area contributed by atoms with E-state index in [1.807, 2.05) is 43.4 Å². The molecule has 0 bridgehead atoms. The maximum absolute atomic E-state index is 13.3. The molecule has 0 unspecified atom stereocenters. The van der Waals surface area contributed by atoms with Gasteiger partial charge in [0.1, 0.15) is 18.1 Å². The van der Waals surface area contributed by atoms with E-state index in [1.54, 1.807) is 10.7 Å². The maximum Gasteiger partial charge on any atom is 0.274 e. The van der Waals surface area contributed by atoms with Gasteiger partial charge in [0.15, 0.2) is 0 Å². The number of likely N-dealkylation sites (N-methyl/N-ethyl adjacent to an activating group) is 1. The molecule has 7 heteroatoms. The number of carbonyl (C=O) groups excluding carboxylic acids is 1. The number of aliphatic hydroxyl groups excluding tert-OH is 1. The first kappa shape index (κ1) is 24.9. The highest BCUT2D eigenvalue weighted by molar-refractivity contribution is 5.92. The van der Waals surface area contributed by atoms with Crippen LogP contribution in [0.1, 0.15) is 34.5 Å². The Morgan fingerprint density at radius 1 is 1.11 bits per heavy atom. The van der Waals surface area contributed by atoms with Crippen molar-refractivity contribution in [2.45, 2.75) is 31.8 Å². The highest BCUT2D eigenvalue weighted by Crippen LogP contribution is 2.28. The molecule has 0 aliphatic carbocycles. The number of aromatic nitrogens is 2. The van der Waals surface area contributed by atoms with E-state index >= 15 is 0 Å². The van der Waals surface area contributed by atoms with E-state index in [0.717, 1.165) is 44.6 Å². The van der Waals surface area contributed by atoms with Crippen LogP contribution in [0.2, 0.25) is 0 Å². The molecule has 186 valence electrons. The maximum atomic E-state index is 13.3. The largest absolute Gasteiger partial charge is 0.491 e. The third kappa shape index (κ3) is 6.71. The third-order valence-corrected chi connectivity index (χ3v) is 6.88. The van der Waals surface area contributed by atoms with Crippen LogP contribution < -0.4 is 4.74 Å². The molecule has 1 N–H and O–H groups in total. The molecular weight excluding hydrogens is 440 g/mol. The summed E-state index contributed by atoms with van der Waals surface area (Å²) >= 11 is 0. The van der Waals surface area contributed by atoms with Gasteiger partial charge in [-0.05, 0) is 67.6 Å². The van der Waals surface area contributed by atoms with Gasteiger partial charge in [-0.2, -0.15) is 5.10 Å². The number of likely N-dealkylation sites (tertiary alicyclic amines) is 1. The number of amides is 1. The summed E-state index contributed by atoms with van der Waals surface area (Å²) in [7, 11) is 3.76. The standard InChI is InChI=1S/C28H36N4O3/c1-30-14-13-26(29-30)28(34)31(2)27(20-22-7-4-3-5-8-22)24-11-15-32(16-12-24)21-23-9-6-10-25(19-23)35-18-17-33/h3-10,13-14,19,24,27,33H,11-12,15-18,20-21H2,1-2H3/t27-/m0/s1. The van der Waals surface area contributed by atoms with Gasteiger partial charge in [-0.25, -0.2) is 0 Å². The van der Waals surface area contributed by atoms with Crippen LogP contribution in [0, 0.1) is 5.92 Å². The number of rotatable bonds is 10. The van der Waals surface area contributed by atoms with Crippen molar-refractivity contribution in [3.8, 4) is 5.75 Å². The second-order valence-corrected chi connectivity index (χ2v) is 9.38. The quantitative estimate of drug-likeness (QED) is 0.486. The fourth-order valence-electron chi connectivity index (χ4n) is 4.99. The molecular formula is C28H36N4O3. The molecule has 0 saturated carbocycles. The fourth-order valence-corrected chi connectivity index (χ4v) is 4.99. The van der Waals surface area contributed by atoms with Crippen molar-refractivity contribution in [2.75, 3.05) is 33.4 Å². The van der Waals surface area contributed by atoms with Crippen LogP contribution in [0.15, 0.2) is 66.9 Å². The number of carbonyl (C=O) groups is 1. The normalized spacial score (nSPS) is 15.6. The van der Waals surface area contributed by atoms with Crippen molar-refractivity contribution >= 4 is 5.91 Å². The van der Waals surface area contributed by atoms with Crippen molar-refractivity contribution in [3.63, 3.8) is 0 Å². The van der Waals surface area contributed by atoms with Gasteiger partial charge in [0, 0.05) is 32.9 Å². The van der Waals surface area contributed by atoms with E-state index in [2.05, 4.69) is 46.4 Å². The Morgan fingerprint density at radius 3 is 2.54 bits per heavy atom. The molecule has 0 radical (unpaired) electrons. The Labute approximate surface area is 207 Å². The van der Waals surface area contributed by atoms with Gasteiger partial charge in [0.2, 0.25) is 0 Å². The summed E-state index contributed by atoms with van der Waals surface area (Å²) in [6.45, 7) is 3.17. The molecule has 3 aromatic rings. The lowest BCUT2D eigenvalue weighted by Gasteiger charge is -2.40. The van der Waals surface area contributed by atoms with Gasteiger partial charge in [-0.1, -0.05) is 42.5 Å². The average molecular weight is 477 g/mol. The lowest BCUT2D eigenvalue weighted by atomic mass is 9.84. The topological polar surface area (TPSA) is 70.8 Å². The second-order valence-electron chi connectivity index (χ2n) is 9.38. The number of hydrogen-bond donors (Lipinski definition) is 1. The minimum Gasteiger partial charge on any atom is -0.491 e. The summed E-state index contributed by atoms with van der Waals surface area (Å²) in [6.07, 6.45) is 4.73. The molecule has 1 fully saturated rings. The molecule has 4 rings (SSSR count). The lowest BCUT2D eigenvalue weighted by molar-refractivity contribution is 0.0579. The van der Waals surface area contributed by atoms with Crippen LogP contribution in [0.25, 0.3) is 0 Å². The molecule has 7 nitrogen and oxygen atoms in total. The molecule has 1 atom stereocenters. The number of hydrogen-bond acceptors (Lipinski definition) is 5. The highest BCUT2D eigenvalue weighted by Gasteiger charge is 2.32. The predicted molar refractivity (Wildman–Crippen MR) is 136 cm³/mol. The molecule has 1 saturated heterocycles. The van der Waals surface area contributed by atoms with Gasteiger partial charge in [0.25, 0.3) is 5.91 Å². The number of nitrogens with zero attached hydrogens (tertiary/aromatic N) is 4. The summed E-state index contributed by atoms with van der Waals surface area (Å²) in [5, 5.41) is 13.3. The van der Waals surface area contributed by atoms with Crippen LogP contribution in [0.3, 0.4) is 0 Å². The van der Waals surface area contributed by atoms with Gasteiger partial charge < -0.3 is 14.7 Å². The van der Waals surface area contributed by atoms with E-state index in [4.69, 9.17) is 9.84 Å². The number of aryl methyl sites for hydroxylation is 1. The Kier molecular flexibility index (Phi) is 8.55. The van der Waals surface area contributed by atoms with E-state index in [0.29, 0.717) is 18.2 Å². The molecule has 2 aromatic carbocycles. The summed E-state index contributed by atoms with van der Waals surface area (Å²) in [4.78, 5) is 17.6. The van der Waals surface area contributed by atoms with E-state index in [9.17, 15) is 4.79 Å². The summed E-state index contributed by atoms with van der Waals surface area (Å²) < 4.78 is 7.24. The zero-order valence-corrected chi connectivity index (χ0v) is 20.7. The van der Waals surface area contributed by atoms with Crippen LogP contribution in [-0.4, -0.2) is 70.0 Å². The molecule has 1 aromatic heterocycles. The summed E-state index contributed by atoms with van der Waals surface area (Å²) in [5.41, 5.74) is 2.95. The van der Waals surface area contributed by atoms with Crippen LogP contribution in [-0.2, 0) is 20.0 Å². The van der Waals surface area contributed by atoms with E-state index < -0.39 is 0 Å². The second kappa shape index (κ2) is 12.0.